The molecule has 0 saturated carbocycles. The maximum Gasteiger partial charge on any atom is 0.193 e. The van der Waals surface area contributed by atoms with Crippen LogP contribution in [0.15, 0.2) is 53.1 Å². The van der Waals surface area contributed by atoms with Gasteiger partial charge in [0.1, 0.15) is 0 Å². The Morgan fingerprint density at radius 2 is 2.00 bits per heavy atom. The van der Waals surface area contributed by atoms with Crippen LogP contribution in [-0.4, -0.2) is 58.9 Å². The lowest BCUT2D eigenvalue weighted by Crippen LogP contribution is -2.38. The van der Waals surface area contributed by atoms with Crippen molar-refractivity contribution < 1.29 is 0 Å². The zero-order chi connectivity index (χ0) is 21.5. The smallest absolute Gasteiger partial charge is 0.193 e. The van der Waals surface area contributed by atoms with Crippen LogP contribution in [0.3, 0.4) is 0 Å². The van der Waals surface area contributed by atoms with E-state index < -0.39 is 0 Å². The molecule has 3 aromatic rings. The van der Waals surface area contributed by atoms with Crippen LogP contribution >= 0.6 is 35.3 Å². The first kappa shape index (κ1) is 24.5. The van der Waals surface area contributed by atoms with Crippen LogP contribution in [0.2, 0.25) is 0 Å². The summed E-state index contributed by atoms with van der Waals surface area (Å²) in [6.07, 6.45) is 7.41. The third kappa shape index (κ3) is 6.44. The Morgan fingerprint density at radius 3 is 2.75 bits per heavy atom. The summed E-state index contributed by atoms with van der Waals surface area (Å²) in [5.74, 6) is 0.907. The summed E-state index contributed by atoms with van der Waals surface area (Å²) >= 11 is 1.76. The molecular weight excluding hydrogens is 533 g/mol. The van der Waals surface area contributed by atoms with E-state index in [0.29, 0.717) is 0 Å². The Labute approximate surface area is 211 Å². The molecule has 0 aliphatic carbocycles. The van der Waals surface area contributed by atoms with Gasteiger partial charge in [0, 0.05) is 63.3 Å². The van der Waals surface area contributed by atoms with Crippen molar-refractivity contribution in [3.05, 3.63) is 59.4 Å². The van der Waals surface area contributed by atoms with Crippen molar-refractivity contribution in [2.45, 2.75) is 32.7 Å². The fraction of sp³-hybridized carbons (Fsp3) is 0.435. The van der Waals surface area contributed by atoms with E-state index in [4.69, 9.17) is 9.98 Å². The fourth-order valence-corrected chi connectivity index (χ4v) is 4.64. The molecule has 1 aliphatic heterocycles. The number of para-hydroxylation sites is 1. The molecule has 0 bridgehead atoms. The number of hydrogen-bond donors (Lipinski definition) is 1. The van der Waals surface area contributed by atoms with Gasteiger partial charge >= 0.3 is 0 Å². The minimum absolute atomic E-state index is 0. The molecule has 4 rings (SSSR count). The van der Waals surface area contributed by atoms with E-state index in [2.05, 4.69) is 57.9 Å². The first-order chi connectivity index (χ1) is 15.2. The van der Waals surface area contributed by atoms with Gasteiger partial charge in [0.15, 0.2) is 11.1 Å². The molecule has 172 valence electrons. The SMILES string of the molecule is CCNC(=NCCc1csc(N2CCCC2)n1)N(C)Cc1cnn(-c2ccccc2)c1.I. The molecule has 1 fully saturated rings. The van der Waals surface area contributed by atoms with Crippen LogP contribution in [0.1, 0.15) is 31.0 Å². The molecule has 0 radical (unpaired) electrons. The van der Waals surface area contributed by atoms with Crippen molar-refractivity contribution in [1.82, 2.24) is 25.0 Å². The molecule has 0 unspecified atom stereocenters. The minimum Gasteiger partial charge on any atom is -0.357 e. The van der Waals surface area contributed by atoms with Gasteiger partial charge in [-0.2, -0.15) is 5.10 Å². The number of guanidine groups is 1. The summed E-state index contributed by atoms with van der Waals surface area (Å²) < 4.78 is 1.91. The van der Waals surface area contributed by atoms with E-state index >= 15 is 0 Å². The molecule has 0 spiro atoms. The van der Waals surface area contributed by atoms with E-state index in [-0.39, 0.29) is 24.0 Å². The Kier molecular flexibility index (Phi) is 9.34. The third-order valence-corrected chi connectivity index (χ3v) is 6.27. The van der Waals surface area contributed by atoms with Crippen molar-refractivity contribution in [2.75, 3.05) is 38.1 Å². The molecule has 2 aromatic heterocycles. The highest BCUT2D eigenvalue weighted by Gasteiger charge is 2.15. The molecule has 1 aliphatic rings. The average Bonchev–Trinajstić information content (AvgIpc) is 3.55. The van der Waals surface area contributed by atoms with Crippen LogP contribution in [0, 0.1) is 0 Å². The Hall–Kier alpha value is -2.14. The van der Waals surface area contributed by atoms with E-state index in [1.165, 1.54) is 12.8 Å². The highest BCUT2D eigenvalue weighted by Crippen LogP contribution is 2.24. The minimum atomic E-state index is 0. The highest BCUT2D eigenvalue weighted by atomic mass is 127. The summed E-state index contributed by atoms with van der Waals surface area (Å²) in [5.41, 5.74) is 3.35. The largest absolute Gasteiger partial charge is 0.357 e. The first-order valence-electron chi connectivity index (χ1n) is 11.0. The van der Waals surface area contributed by atoms with Gasteiger partial charge < -0.3 is 15.1 Å². The quantitative estimate of drug-likeness (QED) is 0.252. The second-order valence-electron chi connectivity index (χ2n) is 7.79. The second-order valence-corrected chi connectivity index (χ2v) is 8.62. The van der Waals surface area contributed by atoms with Crippen molar-refractivity contribution in [3.63, 3.8) is 0 Å². The molecule has 1 saturated heterocycles. The molecule has 32 heavy (non-hydrogen) atoms. The zero-order valence-corrected chi connectivity index (χ0v) is 21.9. The van der Waals surface area contributed by atoms with Crippen molar-refractivity contribution >= 4 is 46.4 Å². The van der Waals surface area contributed by atoms with Crippen LogP contribution in [0.5, 0.6) is 0 Å². The number of hydrogen-bond acceptors (Lipinski definition) is 5. The molecule has 0 amide bonds. The molecular formula is C23H32IN7S. The Balaban J connectivity index is 0.00000289. The number of anilines is 1. The topological polar surface area (TPSA) is 61.6 Å². The maximum atomic E-state index is 4.83. The number of halogens is 1. The molecule has 0 atom stereocenters. The maximum absolute atomic E-state index is 4.83. The number of thiazole rings is 1. The van der Waals surface area contributed by atoms with E-state index in [1.54, 1.807) is 11.3 Å². The molecule has 1 aromatic carbocycles. The van der Waals surface area contributed by atoms with Gasteiger partial charge in [0.2, 0.25) is 0 Å². The Bertz CT molecular complexity index is 979. The van der Waals surface area contributed by atoms with Crippen molar-refractivity contribution in [1.29, 1.82) is 0 Å². The Morgan fingerprint density at radius 1 is 1.22 bits per heavy atom. The fourth-order valence-electron chi connectivity index (χ4n) is 3.72. The highest BCUT2D eigenvalue weighted by molar-refractivity contribution is 14.0. The second kappa shape index (κ2) is 12.2. The van der Waals surface area contributed by atoms with Gasteiger partial charge in [-0.1, -0.05) is 18.2 Å². The van der Waals surface area contributed by atoms with E-state index in [9.17, 15) is 0 Å². The number of nitrogens with zero attached hydrogens (tertiary/aromatic N) is 6. The van der Waals surface area contributed by atoms with E-state index in [0.717, 1.165) is 67.2 Å². The van der Waals surface area contributed by atoms with Gasteiger partial charge in [-0.05, 0) is 31.9 Å². The van der Waals surface area contributed by atoms with Crippen molar-refractivity contribution in [2.24, 2.45) is 4.99 Å². The van der Waals surface area contributed by atoms with Gasteiger partial charge in [-0.3, -0.25) is 4.99 Å². The summed E-state index contributed by atoms with van der Waals surface area (Å²) in [6, 6.07) is 10.2. The van der Waals surface area contributed by atoms with Gasteiger partial charge in [0.05, 0.1) is 17.6 Å². The van der Waals surface area contributed by atoms with Crippen LogP contribution < -0.4 is 10.2 Å². The number of nitrogens with one attached hydrogen (secondary N) is 1. The lowest BCUT2D eigenvalue weighted by molar-refractivity contribution is 0.477. The van der Waals surface area contributed by atoms with Gasteiger partial charge in [-0.15, -0.1) is 35.3 Å². The van der Waals surface area contributed by atoms with Crippen LogP contribution in [-0.2, 0) is 13.0 Å². The average molecular weight is 566 g/mol. The zero-order valence-electron chi connectivity index (χ0n) is 18.8. The standard InChI is InChI=1S/C23H31N7S.HI/c1-3-24-22(25-12-11-20-18-31-23(27-20)29-13-7-8-14-29)28(2)16-19-15-26-30(17-19)21-9-5-4-6-10-21;/h4-6,9-10,15,17-18H,3,7-8,11-14,16H2,1-2H3,(H,24,25);1H. The van der Waals surface area contributed by atoms with Crippen LogP contribution in [0.25, 0.3) is 5.69 Å². The molecule has 1 N–H and O–H groups in total. The monoisotopic (exact) mass is 565 g/mol. The summed E-state index contributed by atoms with van der Waals surface area (Å²) in [7, 11) is 2.07. The van der Waals surface area contributed by atoms with E-state index in [1.807, 2.05) is 29.1 Å². The van der Waals surface area contributed by atoms with Crippen LogP contribution in [0.4, 0.5) is 5.13 Å². The van der Waals surface area contributed by atoms with Crippen molar-refractivity contribution in [3.8, 4) is 5.69 Å². The third-order valence-electron chi connectivity index (χ3n) is 5.32. The first-order valence-corrected chi connectivity index (χ1v) is 11.9. The number of benzene rings is 1. The predicted octanol–water partition coefficient (Wildman–Crippen LogP) is 4.19. The summed E-state index contributed by atoms with van der Waals surface area (Å²) in [5, 5.41) is 11.2. The molecule has 3 heterocycles. The predicted molar refractivity (Wildman–Crippen MR) is 144 cm³/mol. The molecule has 9 heteroatoms. The number of aliphatic imine (C=N–C) groups is 1. The number of rotatable bonds is 8. The number of aromatic nitrogens is 3. The lowest BCUT2D eigenvalue weighted by Gasteiger charge is -2.21. The summed E-state index contributed by atoms with van der Waals surface area (Å²) in [4.78, 5) is 14.2. The normalized spacial score (nSPS) is 13.8. The molecule has 7 nitrogen and oxygen atoms in total. The summed E-state index contributed by atoms with van der Waals surface area (Å²) in [6.45, 7) is 6.68. The van der Waals surface area contributed by atoms with Gasteiger partial charge in [0.25, 0.3) is 0 Å². The van der Waals surface area contributed by atoms with Gasteiger partial charge in [-0.25, -0.2) is 9.67 Å². The lowest BCUT2D eigenvalue weighted by atomic mass is 10.3.